The Balaban J connectivity index is 2.49. The third-order valence-corrected chi connectivity index (χ3v) is 3.10. The molecule has 2 aromatic rings. The van der Waals surface area contributed by atoms with Crippen molar-refractivity contribution in [3.8, 4) is 0 Å². The Kier molecular flexibility index (Phi) is 2.75. The molecule has 0 aliphatic carbocycles. The van der Waals surface area contributed by atoms with Crippen LogP contribution in [0.5, 0.6) is 0 Å². The lowest BCUT2D eigenvalue weighted by molar-refractivity contribution is 0.0696. The van der Waals surface area contributed by atoms with Crippen molar-refractivity contribution in [2.75, 3.05) is 0 Å². The first-order valence-electron chi connectivity index (χ1n) is 5.42. The van der Waals surface area contributed by atoms with Crippen LogP contribution >= 0.6 is 0 Å². The molecule has 90 valence electrons. The maximum absolute atomic E-state index is 11.1. The molecule has 0 aliphatic rings. The predicted octanol–water partition coefficient (Wildman–Crippen LogP) is 2.14. The second-order valence-corrected chi connectivity index (χ2v) is 4.17. The highest BCUT2D eigenvalue weighted by atomic mass is 16.4. The zero-order valence-corrected chi connectivity index (χ0v) is 10.1. The van der Waals surface area contributed by atoms with Crippen LogP contribution in [0.15, 0.2) is 18.5 Å². The summed E-state index contributed by atoms with van der Waals surface area (Å²) < 4.78 is 2.01. The van der Waals surface area contributed by atoms with Crippen LogP contribution in [0.1, 0.15) is 40.3 Å². The van der Waals surface area contributed by atoms with Crippen LogP contribution in [0.3, 0.4) is 0 Å². The number of aromatic amines is 1. The molecular weight excluding hydrogens is 218 g/mol. The number of rotatable bonds is 3. The molecule has 2 rings (SSSR count). The monoisotopic (exact) mass is 233 g/mol. The zero-order valence-electron chi connectivity index (χ0n) is 10.1. The summed E-state index contributed by atoms with van der Waals surface area (Å²) in [6, 6.07) is 1.77. The van der Waals surface area contributed by atoms with Gasteiger partial charge in [0.15, 0.2) is 0 Å². The van der Waals surface area contributed by atoms with Gasteiger partial charge in [0.25, 0.3) is 0 Å². The highest BCUT2D eigenvalue weighted by molar-refractivity contribution is 5.89. The molecule has 5 nitrogen and oxygen atoms in total. The third-order valence-electron chi connectivity index (χ3n) is 3.10. The quantitative estimate of drug-likeness (QED) is 0.853. The first kappa shape index (κ1) is 11.4. The van der Waals surface area contributed by atoms with Gasteiger partial charge in [0.2, 0.25) is 0 Å². The summed E-state index contributed by atoms with van der Waals surface area (Å²) in [6.45, 7) is 5.76. The highest BCUT2D eigenvalue weighted by Crippen LogP contribution is 2.24. The lowest BCUT2D eigenvalue weighted by Gasteiger charge is -2.17. The van der Waals surface area contributed by atoms with Crippen LogP contribution in [-0.2, 0) is 0 Å². The molecule has 0 aromatic carbocycles. The SMILES string of the molecule is Cc1cc(C(=O)O)c(C)n1C(C)c1cn[nH]c1. The van der Waals surface area contributed by atoms with E-state index in [2.05, 4.69) is 10.2 Å². The van der Waals surface area contributed by atoms with Crippen molar-refractivity contribution in [1.29, 1.82) is 0 Å². The van der Waals surface area contributed by atoms with Crippen molar-refractivity contribution in [2.45, 2.75) is 26.8 Å². The summed E-state index contributed by atoms with van der Waals surface area (Å²) in [6.07, 6.45) is 3.58. The summed E-state index contributed by atoms with van der Waals surface area (Å²) in [5.74, 6) is -0.885. The van der Waals surface area contributed by atoms with E-state index >= 15 is 0 Å². The molecule has 0 radical (unpaired) electrons. The van der Waals surface area contributed by atoms with Gasteiger partial charge in [0, 0.05) is 23.1 Å². The largest absolute Gasteiger partial charge is 0.478 e. The second-order valence-electron chi connectivity index (χ2n) is 4.17. The second kappa shape index (κ2) is 4.08. The molecule has 0 amide bonds. The Labute approximate surface area is 99.1 Å². The molecule has 1 unspecified atom stereocenters. The van der Waals surface area contributed by atoms with Crippen LogP contribution < -0.4 is 0 Å². The van der Waals surface area contributed by atoms with Crippen molar-refractivity contribution >= 4 is 5.97 Å². The standard InChI is InChI=1S/C12H15N3O2/c1-7-4-11(12(16)17)9(3)15(7)8(2)10-5-13-14-6-10/h4-6,8H,1-3H3,(H,13,14)(H,16,17). The van der Waals surface area contributed by atoms with E-state index in [1.54, 1.807) is 12.3 Å². The van der Waals surface area contributed by atoms with Crippen molar-refractivity contribution in [1.82, 2.24) is 14.8 Å². The average molecular weight is 233 g/mol. The molecule has 0 fully saturated rings. The maximum Gasteiger partial charge on any atom is 0.337 e. The molecule has 2 heterocycles. The van der Waals surface area contributed by atoms with E-state index in [4.69, 9.17) is 5.11 Å². The summed E-state index contributed by atoms with van der Waals surface area (Å²) >= 11 is 0. The van der Waals surface area contributed by atoms with Crippen LogP contribution in [0.25, 0.3) is 0 Å². The van der Waals surface area contributed by atoms with E-state index in [1.807, 2.05) is 31.5 Å². The number of nitrogens with one attached hydrogen (secondary N) is 1. The average Bonchev–Trinajstić information content (AvgIpc) is 2.86. The van der Waals surface area contributed by atoms with Crippen LogP contribution in [-0.4, -0.2) is 25.8 Å². The maximum atomic E-state index is 11.1. The molecule has 1 atom stereocenters. The van der Waals surface area contributed by atoms with Gasteiger partial charge < -0.3 is 9.67 Å². The molecular formula is C12H15N3O2. The lowest BCUT2D eigenvalue weighted by atomic mass is 10.2. The van der Waals surface area contributed by atoms with Gasteiger partial charge in [-0.15, -0.1) is 0 Å². The third kappa shape index (κ3) is 1.84. The molecule has 17 heavy (non-hydrogen) atoms. The summed E-state index contributed by atoms with van der Waals surface area (Å²) in [4.78, 5) is 11.1. The summed E-state index contributed by atoms with van der Waals surface area (Å²) in [5, 5.41) is 15.8. The van der Waals surface area contributed by atoms with Gasteiger partial charge in [-0.1, -0.05) is 0 Å². The van der Waals surface area contributed by atoms with Gasteiger partial charge in [-0.2, -0.15) is 5.10 Å². The minimum atomic E-state index is -0.885. The molecule has 0 spiro atoms. The summed E-state index contributed by atoms with van der Waals surface area (Å²) in [7, 11) is 0. The number of aromatic nitrogens is 3. The van der Waals surface area contributed by atoms with Gasteiger partial charge in [-0.3, -0.25) is 5.10 Å². The molecule has 5 heteroatoms. The van der Waals surface area contributed by atoms with Gasteiger partial charge in [0.1, 0.15) is 0 Å². The number of nitrogens with zero attached hydrogens (tertiary/aromatic N) is 2. The number of aryl methyl sites for hydroxylation is 1. The van der Waals surface area contributed by atoms with Crippen LogP contribution in [0.4, 0.5) is 0 Å². The topological polar surface area (TPSA) is 70.9 Å². The van der Waals surface area contributed by atoms with E-state index in [9.17, 15) is 4.79 Å². The van der Waals surface area contributed by atoms with Gasteiger partial charge in [-0.05, 0) is 26.8 Å². The Bertz CT molecular complexity index is 540. The number of H-pyrrole nitrogens is 1. The summed E-state index contributed by atoms with van der Waals surface area (Å²) in [5.41, 5.74) is 3.10. The number of carbonyl (C=O) groups is 1. The Morgan fingerprint density at radius 3 is 2.71 bits per heavy atom. The molecule has 0 saturated heterocycles. The van der Waals surface area contributed by atoms with E-state index in [0.29, 0.717) is 5.56 Å². The fraction of sp³-hybridized carbons (Fsp3) is 0.333. The van der Waals surface area contributed by atoms with E-state index < -0.39 is 5.97 Å². The first-order valence-corrected chi connectivity index (χ1v) is 5.42. The van der Waals surface area contributed by atoms with E-state index in [0.717, 1.165) is 17.0 Å². The Morgan fingerprint density at radius 2 is 2.24 bits per heavy atom. The number of hydrogen-bond acceptors (Lipinski definition) is 2. The normalized spacial score (nSPS) is 12.6. The molecule has 2 N–H and O–H groups in total. The Hall–Kier alpha value is -2.04. The van der Waals surface area contributed by atoms with Crippen molar-refractivity contribution in [3.63, 3.8) is 0 Å². The van der Waals surface area contributed by atoms with Crippen LogP contribution in [0.2, 0.25) is 0 Å². The fourth-order valence-electron chi connectivity index (χ4n) is 2.23. The highest BCUT2D eigenvalue weighted by Gasteiger charge is 2.19. The molecule has 0 aliphatic heterocycles. The number of carboxylic acids is 1. The van der Waals surface area contributed by atoms with Gasteiger partial charge >= 0.3 is 5.97 Å². The van der Waals surface area contributed by atoms with Crippen molar-refractivity contribution in [2.24, 2.45) is 0 Å². The number of hydrogen-bond donors (Lipinski definition) is 2. The van der Waals surface area contributed by atoms with E-state index in [-0.39, 0.29) is 6.04 Å². The molecule has 2 aromatic heterocycles. The number of aromatic carboxylic acids is 1. The molecule has 0 saturated carbocycles. The minimum absolute atomic E-state index is 0.0712. The Morgan fingerprint density at radius 1 is 1.53 bits per heavy atom. The van der Waals surface area contributed by atoms with Gasteiger partial charge in [0.05, 0.1) is 17.8 Å². The van der Waals surface area contributed by atoms with Crippen molar-refractivity contribution < 1.29 is 9.90 Å². The number of carboxylic acid groups (broad SMARTS) is 1. The smallest absolute Gasteiger partial charge is 0.337 e. The first-order chi connectivity index (χ1) is 8.02. The lowest BCUT2D eigenvalue weighted by Crippen LogP contribution is -2.10. The van der Waals surface area contributed by atoms with Gasteiger partial charge in [-0.25, -0.2) is 4.79 Å². The molecule has 0 bridgehead atoms. The fourth-order valence-corrected chi connectivity index (χ4v) is 2.23. The van der Waals surface area contributed by atoms with Crippen molar-refractivity contribution in [3.05, 3.63) is 41.0 Å². The van der Waals surface area contributed by atoms with E-state index in [1.165, 1.54) is 0 Å². The predicted molar refractivity (Wildman–Crippen MR) is 63.3 cm³/mol. The minimum Gasteiger partial charge on any atom is -0.478 e. The zero-order chi connectivity index (χ0) is 12.6. The van der Waals surface area contributed by atoms with Crippen LogP contribution in [0, 0.1) is 13.8 Å².